The fraction of sp³-hybridized carbons (Fsp3) is 0.455. The number of hydrogen-bond donors (Lipinski definition) is 0. The van der Waals surface area contributed by atoms with Crippen LogP contribution in [-0.4, -0.2) is 19.3 Å². The van der Waals surface area contributed by atoms with Crippen molar-refractivity contribution in [3.8, 4) is 0 Å². The van der Waals surface area contributed by atoms with Gasteiger partial charge in [0, 0.05) is 0 Å². The molecule has 0 aliphatic heterocycles. The molecule has 0 amide bonds. The van der Waals surface area contributed by atoms with Gasteiger partial charge in [-0.1, -0.05) is 0 Å². The monoisotopic (exact) mass is 302 g/mol. The normalized spacial score (nSPS) is 40.7. The number of benzene rings is 1. The summed E-state index contributed by atoms with van der Waals surface area (Å²) in [4.78, 5) is 0. The third kappa shape index (κ3) is 1.31. The molecule has 0 N–H and O–H groups in total. The minimum atomic E-state index is 0.587. The van der Waals surface area contributed by atoms with Crippen LogP contribution in [-0.2, 0) is 0 Å². The van der Waals surface area contributed by atoms with Crippen LogP contribution in [0.25, 0.3) is 0 Å². The molecule has 0 spiro atoms. The molecule has 0 nitrogen and oxygen atoms in total. The Balaban J connectivity index is 1.72. The Morgan fingerprint density at radius 1 is 1.08 bits per heavy atom. The van der Waals surface area contributed by atoms with Crippen molar-refractivity contribution in [2.45, 2.75) is 27.9 Å². The van der Waals surface area contributed by atoms with Crippen LogP contribution in [0.15, 0.2) is 30.3 Å². The van der Waals surface area contributed by atoms with E-state index in [0.29, 0.717) is 19.3 Å². The molecular formula is C11H11BrSe. The summed E-state index contributed by atoms with van der Waals surface area (Å²) in [6.07, 6.45) is 4.28. The molecule has 3 fully saturated rings. The molecule has 2 bridgehead atoms. The van der Waals surface area contributed by atoms with Crippen LogP contribution in [0.4, 0.5) is 0 Å². The first-order valence-electron chi connectivity index (χ1n) is 4.63. The zero-order valence-electron chi connectivity index (χ0n) is 7.29. The third-order valence-electron chi connectivity index (χ3n) is 2.99. The van der Waals surface area contributed by atoms with Gasteiger partial charge in [-0.05, 0) is 0 Å². The van der Waals surface area contributed by atoms with Crippen molar-refractivity contribution in [1.29, 1.82) is 0 Å². The molecule has 68 valence electrons. The van der Waals surface area contributed by atoms with Crippen molar-refractivity contribution in [3.05, 3.63) is 30.3 Å². The Hall–Kier alpha value is 0.219. The Kier molecular flexibility index (Phi) is 1.72. The molecule has 3 aliphatic carbocycles. The van der Waals surface area contributed by atoms with Gasteiger partial charge >= 0.3 is 93.6 Å². The van der Waals surface area contributed by atoms with Crippen LogP contribution in [0.3, 0.4) is 0 Å². The van der Waals surface area contributed by atoms with Crippen LogP contribution in [0.1, 0.15) is 19.3 Å². The van der Waals surface area contributed by atoms with Gasteiger partial charge in [0.15, 0.2) is 0 Å². The van der Waals surface area contributed by atoms with E-state index in [1.807, 2.05) is 0 Å². The van der Waals surface area contributed by atoms with Crippen molar-refractivity contribution in [2.24, 2.45) is 0 Å². The quantitative estimate of drug-likeness (QED) is 0.582. The van der Waals surface area contributed by atoms with E-state index in [2.05, 4.69) is 46.3 Å². The van der Waals surface area contributed by atoms with Gasteiger partial charge in [0.2, 0.25) is 0 Å². The van der Waals surface area contributed by atoms with E-state index in [4.69, 9.17) is 0 Å². The van der Waals surface area contributed by atoms with Gasteiger partial charge in [-0.3, -0.25) is 0 Å². The second-order valence-corrected chi connectivity index (χ2v) is 9.20. The van der Waals surface area contributed by atoms with E-state index in [1.54, 1.807) is 4.46 Å². The van der Waals surface area contributed by atoms with Crippen LogP contribution in [0.5, 0.6) is 0 Å². The van der Waals surface area contributed by atoms with E-state index in [-0.39, 0.29) is 0 Å². The first-order chi connectivity index (χ1) is 6.20. The van der Waals surface area contributed by atoms with E-state index in [0.717, 1.165) is 4.31 Å². The van der Waals surface area contributed by atoms with Crippen LogP contribution < -0.4 is 4.46 Å². The van der Waals surface area contributed by atoms with E-state index in [9.17, 15) is 0 Å². The minimum absolute atomic E-state index is 0.587. The molecule has 0 aromatic heterocycles. The summed E-state index contributed by atoms with van der Waals surface area (Å²) in [6, 6.07) is 11.0. The number of rotatable bonds is 2. The Labute approximate surface area is 93.4 Å². The number of hydrogen-bond acceptors (Lipinski definition) is 0. The van der Waals surface area contributed by atoms with Crippen molar-refractivity contribution in [3.63, 3.8) is 0 Å². The summed E-state index contributed by atoms with van der Waals surface area (Å²) in [6.45, 7) is 0. The molecule has 2 heteroatoms. The first-order valence-corrected chi connectivity index (χ1v) is 7.14. The molecule has 0 heterocycles. The van der Waals surface area contributed by atoms with Gasteiger partial charge in [-0.15, -0.1) is 0 Å². The van der Waals surface area contributed by atoms with Gasteiger partial charge in [0.1, 0.15) is 0 Å². The summed E-state index contributed by atoms with van der Waals surface area (Å²) in [5, 5.41) is 0. The SMILES string of the molecule is BrC12CC([Se]c3ccccc3)(C1)C2. The Bertz CT molecular complexity index is 313. The standard InChI is InChI=1S/C11H11BrSe/c12-10-6-11(7-10,8-10)13-9-4-2-1-3-5-9/h1-5H,6-8H2. The topological polar surface area (TPSA) is 0 Å². The van der Waals surface area contributed by atoms with Crippen LogP contribution in [0.2, 0.25) is 4.31 Å². The van der Waals surface area contributed by atoms with Gasteiger partial charge in [0.05, 0.1) is 0 Å². The summed E-state index contributed by atoms with van der Waals surface area (Å²) in [7, 11) is 0. The molecule has 3 saturated carbocycles. The Morgan fingerprint density at radius 3 is 2.23 bits per heavy atom. The maximum absolute atomic E-state index is 3.79. The summed E-state index contributed by atoms with van der Waals surface area (Å²) in [5.41, 5.74) is 0. The van der Waals surface area contributed by atoms with Gasteiger partial charge in [0.25, 0.3) is 0 Å². The first kappa shape index (κ1) is 8.52. The van der Waals surface area contributed by atoms with Crippen molar-refractivity contribution >= 4 is 35.3 Å². The molecular weight excluding hydrogens is 291 g/mol. The molecule has 1 aromatic rings. The average Bonchev–Trinajstić information content (AvgIpc) is 2.02. The van der Waals surface area contributed by atoms with Gasteiger partial charge in [-0.2, -0.15) is 0 Å². The van der Waals surface area contributed by atoms with Crippen LogP contribution in [0, 0.1) is 0 Å². The molecule has 13 heavy (non-hydrogen) atoms. The zero-order chi connectivity index (χ0) is 8.94. The molecule has 4 rings (SSSR count). The average molecular weight is 302 g/mol. The number of halogens is 1. The van der Waals surface area contributed by atoms with Gasteiger partial charge < -0.3 is 0 Å². The summed E-state index contributed by atoms with van der Waals surface area (Å²) < 4.78 is 2.91. The van der Waals surface area contributed by atoms with Crippen molar-refractivity contribution < 1.29 is 0 Å². The molecule has 1 aromatic carbocycles. The van der Waals surface area contributed by atoms with E-state index >= 15 is 0 Å². The van der Waals surface area contributed by atoms with E-state index < -0.39 is 0 Å². The molecule has 0 saturated heterocycles. The molecule has 0 radical (unpaired) electrons. The fourth-order valence-electron chi connectivity index (χ4n) is 2.42. The number of alkyl halides is 1. The van der Waals surface area contributed by atoms with Crippen molar-refractivity contribution in [2.75, 3.05) is 0 Å². The predicted molar refractivity (Wildman–Crippen MR) is 60.0 cm³/mol. The third-order valence-corrected chi connectivity index (χ3v) is 6.72. The van der Waals surface area contributed by atoms with Crippen LogP contribution >= 0.6 is 15.9 Å². The van der Waals surface area contributed by atoms with E-state index in [1.165, 1.54) is 19.3 Å². The molecule has 0 unspecified atom stereocenters. The maximum atomic E-state index is 3.79. The second-order valence-electron chi connectivity index (χ2n) is 4.28. The fourth-order valence-corrected chi connectivity index (χ4v) is 9.14. The zero-order valence-corrected chi connectivity index (χ0v) is 10.6. The summed E-state index contributed by atoms with van der Waals surface area (Å²) in [5.74, 6) is 0. The predicted octanol–water partition coefficient (Wildman–Crippen LogP) is 2.51. The molecule has 3 aliphatic rings. The summed E-state index contributed by atoms with van der Waals surface area (Å²) >= 11 is 4.50. The molecule has 0 atom stereocenters. The van der Waals surface area contributed by atoms with Crippen molar-refractivity contribution in [1.82, 2.24) is 0 Å². The second kappa shape index (κ2) is 2.62. The van der Waals surface area contributed by atoms with Gasteiger partial charge in [-0.25, -0.2) is 0 Å². The Morgan fingerprint density at radius 2 is 1.69 bits per heavy atom.